The van der Waals surface area contributed by atoms with Crippen LogP contribution in [0.4, 0.5) is 4.79 Å². The van der Waals surface area contributed by atoms with E-state index in [1.54, 1.807) is 18.2 Å². The van der Waals surface area contributed by atoms with Gasteiger partial charge in [0, 0.05) is 16.0 Å². The van der Waals surface area contributed by atoms with Gasteiger partial charge in [0.05, 0.1) is 6.61 Å². The molecule has 1 heterocycles. The van der Waals surface area contributed by atoms with E-state index in [1.807, 2.05) is 38.1 Å². The molecule has 3 amide bonds. The number of hydrogen-bond acceptors (Lipinski definition) is 4. The van der Waals surface area contributed by atoms with E-state index in [0.717, 1.165) is 5.56 Å². The molecule has 1 saturated heterocycles. The van der Waals surface area contributed by atoms with Gasteiger partial charge in [-0.15, -0.1) is 0 Å². The Morgan fingerprint density at radius 3 is 2.47 bits per heavy atom. The van der Waals surface area contributed by atoms with Crippen molar-refractivity contribution in [1.29, 1.82) is 0 Å². The first kappa shape index (κ1) is 22.2. The Balaban J connectivity index is 1.85. The predicted octanol–water partition coefficient (Wildman–Crippen LogP) is 5.38. The number of hydrogen-bond donors (Lipinski definition) is 1. The molecule has 1 aliphatic rings. The molecule has 0 bridgehead atoms. The molecule has 1 N–H and O–H groups in total. The lowest BCUT2D eigenvalue weighted by molar-refractivity contribution is -0.122. The molecule has 0 radical (unpaired) electrons. The summed E-state index contributed by atoms with van der Waals surface area (Å²) in [4.78, 5) is 25.7. The van der Waals surface area contributed by atoms with Crippen LogP contribution in [0.2, 0.25) is 5.02 Å². The van der Waals surface area contributed by atoms with E-state index in [4.69, 9.17) is 21.1 Å². The number of carbonyl (C=O) groups excluding carboxylic acids is 2. The second-order valence-electron chi connectivity index (χ2n) is 6.61. The highest BCUT2D eigenvalue weighted by molar-refractivity contribution is 9.10. The summed E-state index contributed by atoms with van der Waals surface area (Å²) in [6.45, 7) is 4.98. The highest BCUT2D eigenvalue weighted by atomic mass is 79.9. The van der Waals surface area contributed by atoms with Gasteiger partial charge in [-0.2, -0.15) is 0 Å². The Labute approximate surface area is 188 Å². The summed E-state index contributed by atoms with van der Waals surface area (Å²) >= 11 is 9.44. The van der Waals surface area contributed by atoms with Crippen molar-refractivity contribution in [3.63, 3.8) is 0 Å². The standard InChI is InChI=1S/C22H22BrClN2O4/c1-3-9-26-21(27)18(25-22(26)28)10-15-11-19(29-4-2)20(12-17(15)23)30-13-14-5-7-16(24)8-6-14/h5-8,10-12H,3-4,9,13H2,1-2H3,(H,25,28)/b18-10+. The highest BCUT2D eigenvalue weighted by Gasteiger charge is 2.32. The lowest BCUT2D eigenvalue weighted by Gasteiger charge is -2.14. The van der Waals surface area contributed by atoms with Crippen molar-refractivity contribution < 1.29 is 19.1 Å². The van der Waals surface area contributed by atoms with E-state index >= 15 is 0 Å². The molecule has 8 heteroatoms. The number of imide groups is 1. The second-order valence-corrected chi connectivity index (χ2v) is 7.90. The van der Waals surface area contributed by atoms with Crippen molar-refractivity contribution in [2.45, 2.75) is 26.9 Å². The molecule has 3 rings (SSSR count). The summed E-state index contributed by atoms with van der Waals surface area (Å²) in [6, 6.07) is 10.6. The number of carbonyl (C=O) groups is 2. The molecule has 0 aromatic heterocycles. The van der Waals surface area contributed by atoms with Crippen LogP contribution in [0.5, 0.6) is 11.5 Å². The van der Waals surface area contributed by atoms with Crippen LogP contribution < -0.4 is 14.8 Å². The zero-order valence-corrected chi connectivity index (χ0v) is 19.0. The fourth-order valence-electron chi connectivity index (χ4n) is 2.94. The van der Waals surface area contributed by atoms with E-state index in [-0.39, 0.29) is 11.6 Å². The lowest BCUT2D eigenvalue weighted by atomic mass is 10.1. The third kappa shape index (κ3) is 5.15. The van der Waals surface area contributed by atoms with E-state index in [0.29, 0.717) is 52.7 Å². The van der Waals surface area contributed by atoms with E-state index < -0.39 is 6.03 Å². The zero-order chi connectivity index (χ0) is 21.7. The predicted molar refractivity (Wildman–Crippen MR) is 120 cm³/mol. The third-order valence-corrected chi connectivity index (χ3v) is 5.32. The number of nitrogens with zero attached hydrogens (tertiary/aromatic N) is 1. The molecule has 0 saturated carbocycles. The number of urea groups is 1. The minimum absolute atomic E-state index is 0.228. The molecule has 0 spiro atoms. The Hall–Kier alpha value is -2.51. The van der Waals surface area contributed by atoms with Crippen molar-refractivity contribution in [1.82, 2.24) is 10.2 Å². The summed E-state index contributed by atoms with van der Waals surface area (Å²) in [5.41, 5.74) is 1.89. The smallest absolute Gasteiger partial charge is 0.329 e. The largest absolute Gasteiger partial charge is 0.490 e. The highest BCUT2D eigenvalue weighted by Crippen LogP contribution is 2.35. The average Bonchev–Trinajstić information content (AvgIpc) is 2.98. The monoisotopic (exact) mass is 492 g/mol. The van der Waals surface area contributed by atoms with Gasteiger partial charge in [0.15, 0.2) is 11.5 Å². The van der Waals surface area contributed by atoms with Gasteiger partial charge in [-0.3, -0.25) is 9.69 Å². The maximum Gasteiger partial charge on any atom is 0.329 e. The van der Waals surface area contributed by atoms with Crippen LogP contribution in [-0.4, -0.2) is 30.0 Å². The number of halogens is 2. The molecule has 0 unspecified atom stereocenters. The van der Waals surface area contributed by atoms with E-state index in [1.165, 1.54) is 4.90 Å². The van der Waals surface area contributed by atoms with Crippen molar-refractivity contribution in [2.24, 2.45) is 0 Å². The molecule has 0 atom stereocenters. The molecule has 30 heavy (non-hydrogen) atoms. The molecular formula is C22H22BrClN2O4. The summed E-state index contributed by atoms with van der Waals surface area (Å²) < 4.78 is 12.4. The molecule has 2 aromatic rings. The van der Waals surface area contributed by atoms with Gasteiger partial charge in [-0.25, -0.2) is 4.79 Å². The maximum atomic E-state index is 12.5. The fraction of sp³-hybridized carbons (Fsp3) is 0.273. The van der Waals surface area contributed by atoms with Gasteiger partial charge in [0.1, 0.15) is 12.3 Å². The van der Waals surface area contributed by atoms with Crippen LogP contribution in [0.25, 0.3) is 6.08 Å². The Kier molecular flexibility index (Phi) is 7.39. The number of amides is 3. The second kappa shape index (κ2) is 10.00. The first-order chi connectivity index (χ1) is 14.4. The van der Waals surface area contributed by atoms with Crippen LogP contribution >= 0.6 is 27.5 Å². The number of rotatable bonds is 8. The van der Waals surface area contributed by atoms with Gasteiger partial charge < -0.3 is 14.8 Å². The molecule has 2 aromatic carbocycles. The van der Waals surface area contributed by atoms with E-state index in [2.05, 4.69) is 21.2 Å². The van der Waals surface area contributed by atoms with Crippen LogP contribution in [0.3, 0.4) is 0 Å². The van der Waals surface area contributed by atoms with Gasteiger partial charge in [0.2, 0.25) is 0 Å². The molecule has 0 aliphatic carbocycles. The number of ether oxygens (including phenoxy) is 2. The van der Waals surface area contributed by atoms with Crippen LogP contribution in [0.15, 0.2) is 46.6 Å². The number of benzene rings is 2. The van der Waals surface area contributed by atoms with Crippen molar-refractivity contribution in [2.75, 3.05) is 13.2 Å². The summed E-state index contributed by atoms with van der Waals surface area (Å²) in [5.74, 6) is 0.772. The molecule has 6 nitrogen and oxygen atoms in total. The maximum absolute atomic E-state index is 12.5. The van der Waals surface area contributed by atoms with E-state index in [9.17, 15) is 9.59 Å². The molecule has 1 fully saturated rings. The van der Waals surface area contributed by atoms with Gasteiger partial charge in [-0.05, 0) is 54.8 Å². The van der Waals surface area contributed by atoms with Gasteiger partial charge in [-0.1, -0.05) is 46.6 Å². The summed E-state index contributed by atoms with van der Waals surface area (Å²) in [5, 5.41) is 3.29. The van der Waals surface area contributed by atoms with Crippen LogP contribution in [0.1, 0.15) is 31.4 Å². The average molecular weight is 494 g/mol. The summed E-state index contributed by atoms with van der Waals surface area (Å²) in [6.07, 6.45) is 2.33. The minimum Gasteiger partial charge on any atom is -0.490 e. The topological polar surface area (TPSA) is 67.9 Å². The quantitative estimate of drug-likeness (QED) is 0.396. The molecular weight excluding hydrogens is 472 g/mol. The SMILES string of the molecule is CCCN1C(=O)N/C(=C/c2cc(OCC)c(OCc3ccc(Cl)cc3)cc2Br)C1=O. The first-order valence-corrected chi connectivity index (χ1v) is 10.8. The lowest BCUT2D eigenvalue weighted by Crippen LogP contribution is -2.31. The normalized spacial score (nSPS) is 14.9. The van der Waals surface area contributed by atoms with Crippen molar-refractivity contribution in [3.05, 3.63) is 62.7 Å². The van der Waals surface area contributed by atoms with Crippen molar-refractivity contribution in [3.8, 4) is 11.5 Å². The molecule has 158 valence electrons. The van der Waals surface area contributed by atoms with Crippen LogP contribution in [0, 0.1) is 0 Å². The Morgan fingerprint density at radius 2 is 1.80 bits per heavy atom. The number of nitrogens with one attached hydrogen (secondary N) is 1. The fourth-order valence-corrected chi connectivity index (χ4v) is 3.50. The van der Waals surface area contributed by atoms with Crippen LogP contribution in [-0.2, 0) is 11.4 Å². The zero-order valence-electron chi connectivity index (χ0n) is 16.7. The third-order valence-electron chi connectivity index (χ3n) is 4.38. The minimum atomic E-state index is -0.405. The molecule has 1 aliphatic heterocycles. The summed E-state index contributed by atoms with van der Waals surface area (Å²) in [7, 11) is 0. The Morgan fingerprint density at radius 1 is 1.10 bits per heavy atom. The van der Waals surface area contributed by atoms with Gasteiger partial charge in [0.25, 0.3) is 5.91 Å². The Bertz CT molecular complexity index is 976. The van der Waals surface area contributed by atoms with Crippen molar-refractivity contribution >= 4 is 45.5 Å². The first-order valence-electron chi connectivity index (χ1n) is 9.61. The van der Waals surface area contributed by atoms with Gasteiger partial charge >= 0.3 is 6.03 Å².